The monoisotopic (exact) mass is 383 g/mol. The van der Waals surface area contributed by atoms with Crippen LogP contribution in [0, 0.1) is 6.92 Å². The maximum atomic E-state index is 12.6. The third kappa shape index (κ3) is 3.87. The van der Waals surface area contributed by atoms with E-state index in [9.17, 15) is 16.8 Å². The average Bonchev–Trinajstić information content (AvgIpc) is 3.08. The van der Waals surface area contributed by atoms with Crippen molar-refractivity contribution in [2.45, 2.75) is 37.6 Å². The number of sulfonamides is 1. The van der Waals surface area contributed by atoms with Crippen LogP contribution in [0.25, 0.3) is 0 Å². The van der Waals surface area contributed by atoms with Gasteiger partial charge in [-0.3, -0.25) is 4.72 Å². The molecule has 7 nitrogen and oxygen atoms in total. The zero-order valence-electron chi connectivity index (χ0n) is 14.1. The summed E-state index contributed by atoms with van der Waals surface area (Å²) in [6.45, 7) is 3.74. The van der Waals surface area contributed by atoms with Crippen molar-refractivity contribution in [3.63, 3.8) is 0 Å². The molecule has 1 saturated heterocycles. The highest BCUT2D eigenvalue weighted by Crippen LogP contribution is 2.28. The Labute approximate surface area is 148 Å². The number of anilines is 1. The molecule has 0 bridgehead atoms. The lowest BCUT2D eigenvalue weighted by atomic mass is 10.2. The molecule has 1 aromatic heterocycles. The van der Waals surface area contributed by atoms with E-state index >= 15 is 0 Å². The molecular weight excluding hydrogens is 362 g/mol. The Morgan fingerprint density at radius 2 is 1.96 bits per heavy atom. The molecule has 0 radical (unpaired) electrons. The van der Waals surface area contributed by atoms with Crippen LogP contribution in [0.1, 0.15) is 30.6 Å². The molecule has 2 aromatic rings. The smallest absolute Gasteiger partial charge is 0.263 e. The van der Waals surface area contributed by atoms with E-state index in [1.165, 1.54) is 4.68 Å². The highest BCUT2D eigenvalue weighted by molar-refractivity contribution is 7.92. The predicted molar refractivity (Wildman–Crippen MR) is 95.9 cm³/mol. The van der Waals surface area contributed by atoms with Crippen LogP contribution in [0.15, 0.2) is 35.2 Å². The molecule has 0 saturated carbocycles. The first-order chi connectivity index (χ1) is 11.7. The number of aryl methyl sites for hydroxylation is 2. The van der Waals surface area contributed by atoms with Gasteiger partial charge in [0, 0.05) is 6.07 Å². The first-order valence-corrected chi connectivity index (χ1v) is 11.4. The Kier molecular flexibility index (Phi) is 4.63. The van der Waals surface area contributed by atoms with E-state index in [4.69, 9.17) is 0 Å². The highest BCUT2D eigenvalue weighted by atomic mass is 32.2. The molecule has 1 atom stereocenters. The number of aromatic nitrogens is 2. The molecule has 9 heteroatoms. The summed E-state index contributed by atoms with van der Waals surface area (Å²) in [4.78, 5) is 0.161. The molecule has 1 fully saturated rings. The molecule has 0 amide bonds. The summed E-state index contributed by atoms with van der Waals surface area (Å²) in [6.07, 6.45) is 1.26. The first kappa shape index (κ1) is 17.9. The minimum Gasteiger partial charge on any atom is -0.264 e. The number of benzene rings is 1. The topological polar surface area (TPSA) is 98.1 Å². The minimum absolute atomic E-state index is 0.0198. The lowest BCUT2D eigenvalue weighted by Gasteiger charge is -2.14. The van der Waals surface area contributed by atoms with Crippen LogP contribution in [-0.4, -0.2) is 38.1 Å². The quantitative estimate of drug-likeness (QED) is 0.850. The van der Waals surface area contributed by atoms with Gasteiger partial charge >= 0.3 is 0 Å². The number of nitrogens with one attached hydrogen (secondary N) is 1. The van der Waals surface area contributed by atoms with Gasteiger partial charge in [-0.05, 0) is 37.5 Å². The van der Waals surface area contributed by atoms with Gasteiger partial charge in [0.15, 0.2) is 9.84 Å². The molecule has 3 rings (SSSR count). The normalized spacial score (nSPS) is 19.8. The van der Waals surface area contributed by atoms with E-state index in [0.29, 0.717) is 17.9 Å². The van der Waals surface area contributed by atoms with Gasteiger partial charge in [-0.1, -0.05) is 19.1 Å². The SMILES string of the molecule is CCc1ccc(S(=O)(=O)Nc2cc(C)nn2[C@@H]2CCS(=O)(=O)C2)cc1. The van der Waals surface area contributed by atoms with Gasteiger partial charge < -0.3 is 0 Å². The van der Waals surface area contributed by atoms with E-state index in [0.717, 1.165) is 12.0 Å². The van der Waals surface area contributed by atoms with Gasteiger partial charge in [0.25, 0.3) is 10.0 Å². The fraction of sp³-hybridized carbons (Fsp3) is 0.438. The fourth-order valence-corrected chi connectivity index (χ4v) is 5.67. The number of rotatable bonds is 5. The van der Waals surface area contributed by atoms with Gasteiger partial charge in [-0.2, -0.15) is 5.10 Å². The second-order valence-electron chi connectivity index (χ2n) is 6.28. The second-order valence-corrected chi connectivity index (χ2v) is 10.2. The Hall–Kier alpha value is -1.87. The second kappa shape index (κ2) is 6.45. The lowest BCUT2D eigenvalue weighted by molar-refractivity contribution is 0.503. The zero-order valence-corrected chi connectivity index (χ0v) is 15.8. The Bertz CT molecular complexity index is 977. The summed E-state index contributed by atoms with van der Waals surface area (Å²) in [6, 6.07) is 7.95. The Morgan fingerprint density at radius 1 is 1.28 bits per heavy atom. The van der Waals surface area contributed by atoms with Crippen LogP contribution in [0.2, 0.25) is 0 Å². The van der Waals surface area contributed by atoms with Gasteiger partial charge in [0.05, 0.1) is 28.1 Å². The predicted octanol–water partition coefficient (Wildman–Crippen LogP) is 1.91. The van der Waals surface area contributed by atoms with Gasteiger partial charge in [-0.15, -0.1) is 0 Å². The van der Waals surface area contributed by atoms with Gasteiger partial charge in [0.2, 0.25) is 0 Å². The summed E-state index contributed by atoms with van der Waals surface area (Å²) in [7, 11) is -6.86. The molecule has 1 aromatic carbocycles. The molecule has 136 valence electrons. The molecule has 25 heavy (non-hydrogen) atoms. The maximum Gasteiger partial charge on any atom is 0.263 e. The van der Waals surface area contributed by atoms with Crippen LogP contribution >= 0.6 is 0 Å². The van der Waals surface area contributed by atoms with Crippen molar-refractivity contribution in [1.29, 1.82) is 0 Å². The third-order valence-electron chi connectivity index (χ3n) is 4.29. The number of nitrogens with zero attached hydrogens (tertiary/aromatic N) is 2. The highest BCUT2D eigenvalue weighted by Gasteiger charge is 2.32. The summed E-state index contributed by atoms with van der Waals surface area (Å²) in [5, 5.41) is 4.29. The van der Waals surface area contributed by atoms with Crippen LogP contribution in [0.3, 0.4) is 0 Å². The standard InChI is InChI=1S/C16H21N3O4S2/c1-3-13-4-6-15(7-5-13)25(22,23)18-16-10-12(2)17-19(16)14-8-9-24(20,21)11-14/h4-7,10,14,18H,3,8-9,11H2,1-2H3/t14-/m1/s1. The van der Waals surface area contributed by atoms with Crippen molar-refractivity contribution >= 4 is 25.7 Å². The Morgan fingerprint density at radius 3 is 2.52 bits per heavy atom. The molecule has 2 heterocycles. The van der Waals surface area contributed by atoms with E-state index < -0.39 is 19.9 Å². The number of sulfone groups is 1. The van der Waals surface area contributed by atoms with Gasteiger partial charge in [-0.25, -0.2) is 21.5 Å². The number of hydrogen-bond donors (Lipinski definition) is 1. The molecule has 1 N–H and O–H groups in total. The zero-order chi connectivity index (χ0) is 18.2. The third-order valence-corrected chi connectivity index (χ3v) is 7.41. The Balaban J connectivity index is 1.89. The summed E-state index contributed by atoms with van der Waals surface area (Å²) in [5.74, 6) is 0.370. The molecule has 0 unspecified atom stereocenters. The summed E-state index contributed by atoms with van der Waals surface area (Å²) >= 11 is 0. The van der Waals surface area contributed by atoms with E-state index in [-0.39, 0.29) is 22.4 Å². The van der Waals surface area contributed by atoms with E-state index in [2.05, 4.69) is 9.82 Å². The van der Waals surface area contributed by atoms with Crippen LogP contribution < -0.4 is 4.72 Å². The lowest BCUT2D eigenvalue weighted by Crippen LogP contribution is -2.20. The van der Waals surface area contributed by atoms with Gasteiger partial charge in [0.1, 0.15) is 5.82 Å². The molecule has 1 aliphatic rings. The van der Waals surface area contributed by atoms with Crippen molar-refractivity contribution in [1.82, 2.24) is 9.78 Å². The fourth-order valence-electron chi connectivity index (χ4n) is 2.94. The molecular formula is C16H21N3O4S2. The molecule has 0 spiro atoms. The summed E-state index contributed by atoms with van der Waals surface area (Å²) in [5.41, 5.74) is 1.68. The summed E-state index contributed by atoms with van der Waals surface area (Å²) < 4.78 is 52.7. The van der Waals surface area contributed by atoms with Crippen molar-refractivity contribution in [3.05, 3.63) is 41.6 Å². The van der Waals surface area contributed by atoms with Crippen molar-refractivity contribution in [3.8, 4) is 0 Å². The molecule has 1 aliphatic heterocycles. The first-order valence-electron chi connectivity index (χ1n) is 8.08. The molecule has 0 aliphatic carbocycles. The van der Waals surface area contributed by atoms with Crippen LogP contribution in [-0.2, 0) is 26.3 Å². The maximum absolute atomic E-state index is 12.6. The average molecular weight is 383 g/mol. The minimum atomic E-state index is -3.77. The van der Waals surface area contributed by atoms with E-state index in [1.807, 2.05) is 6.92 Å². The number of hydrogen-bond acceptors (Lipinski definition) is 5. The van der Waals surface area contributed by atoms with Crippen LogP contribution in [0.4, 0.5) is 5.82 Å². The van der Waals surface area contributed by atoms with Crippen LogP contribution in [0.5, 0.6) is 0 Å². The largest absolute Gasteiger partial charge is 0.264 e. The van der Waals surface area contributed by atoms with E-state index in [1.54, 1.807) is 37.3 Å². The van der Waals surface area contributed by atoms with Crippen molar-refractivity contribution in [2.75, 3.05) is 16.2 Å². The van der Waals surface area contributed by atoms with Crippen molar-refractivity contribution < 1.29 is 16.8 Å². The van der Waals surface area contributed by atoms with Crippen molar-refractivity contribution in [2.24, 2.45) is 0 Å².